The van der Waals surface area contributed by atoms with Crippen molar-refractivity contribution in [2.24, 2.45) is 11.3 Å². The molecule has 41 heavy (non-hydrogen) atoms. The predicted molar refractivity (Wildman–Crippen MR) is 154 cm³/mol. The quantitative estimate of drug-likeness (QED) is 0.246. The smallest absolute Gasteiger partial charge is 0.407 e. The molecule has 1 fully saturated rings. The number of urea groups is 1. The molecule has 2 unspecified atom stereocenters. The normalized spacial score (nSPS) is 17.0. The Morgan fingerprint density at radius 1 is 1.02 bits per heavy atom. The van der Waals surface area contributed by atoms with Crippen LogP contribution in [0, 0.1) is 17.2 Å². The summed E-state index contributed by atoms with van der Waals surface area (Å²) in [7, 11) is 0. The van der Waals surface area contributed by atoms with Crippen molar-refractivity contribution in [2.75, 3.05) is 22.5 Å². The van der Waals surface area contributed by atoms with E-state index in [1.165, 1.54) is 41.4 Å². The van der Waals surface area contributed by atoms with Crippen molar-refractivity contribution < 1.29 is 28.6 Å². The lowest BCUT2D eigenvalue weighted by atomic mass is 9.77. The van der Waals surface area contributed by atoms with Crippen molar-refractivity contribution in [1.29, 1.82) is 0 Å². The van der Waals surface area contributed by atoms with Gasteiger partial charge in [0.2, 0.25) is 5.91 Å². The van der Waals surface area contributed by atoms with Gasteiger partial charge in [0, 0.05) is 42.5 Å². The van der Waals surface area contributed by atoms with E-state index in [-0.39, 0.29) is 34.8 Å². The van der Waals surface area contributed by atoms with Gasteiger partial charge in [-0.2, -0.15) is 0 Å². The molecule has 1 saturated heterocycles. The summed E-state index contributed by atoms with van der Waals surface area (Å²) >= 11 is 6.34. The van der Waals surface area contributed by atoms with Gasteiger partial charge in [-0.3, -0.25) is 4.79 Å². The number of likely N-dealkylation sites (tertiary alicyclic amines) is 1. The summed E-state index contributed by atoms with van der Waals surface area (Å²) < 4.78 is 18.9. The topological polar surface area (TPSA) is 133 Å². The number of halogens is 2. The summed E-state index contributed by atoms with van der Waals surface area (Å²) in [6, 6.07) is 12.4. The van der Waals surface area contributed by atoms with E-state index >= 15 is 0 Å². The molecule has 4 N–H and O–H groups in total. The van der Waals surface area contributed by atoms with Crippen LogP contribution in [0.2, 0.25) is 5.02 Å². The first-order valence-corrected chi connectivity index (χ1v) is 13.3. The zero-order valence-electron chi connectivity index (χ0n) is 22.8. The van der Waals surface area contributed by atoms with Crippen LogP contribution in [0.15, 0.2) is 60.8 Å². The maximum atomic E-state index is 13.1. The second kappa shape index (κ2) is 12.4. The minimum Gasteiger partial charge on any atom is -0.465 e. The van der Waals surface area contributed by atoms with Crippen LogP contribution in [0.4, 0.5) is 31.2 Å². The van der Waals surface area contributed by atoms with Crippen LogP contribution in [0.3, 0.4) is 0 Å². The third kappa shape index (κ3) is 7.85. The summed E-state index contributed by atoms with van der Waals surface area (Å²) in [6.07, 6.45) is 1.35. The second-order valence-electron chi connectivity index (χ2n) is 10.8. The number of nitrogens with one attached hydrogen (secondary N) is 3. The minimum atomic E-state index is -0.979. The SMILES string of the molecule is CC(C)(C)C1CC(C(=O)Nc2cc(Oc3ccc(NC(=O)Nc4ccc(F)cc4)c(Cl)c3)ccn2)CCN1C(=O)O. The Morgan fingerprint density at radius 2 is 1.73 bits per heavy atom. The fourth-order valence-corrected chi connectivity index (χ4v) is 4.86. The van der Waals surface area contributed by atoms with Crippen molar-refractivity contribution in [2.45, 2.75) is 39.7 Å². The van der Waals surface area contributed by atoms with Gasteiger partial charge in [-0.15, -0.1) is 0 Å². The van der Waals surface area contributed by atoms with Crippen LogP contribution in [0.1, 0.15) is 33.6 Å². The van der Waals surface area contributed by atoms with E-state index < -0.39 is 17.9 Å². The molecular weight excluding hydrogens is 553 g/mol. The van der Waals surface area contributed by atoms with Gasteiger partial charge in [0.25, 0.3) is 0 Å². The second-order valence-corrected chi connectivity index (χ2v) is 11.2. The Balaban J connectivity index is 1.36. The first kappa shape index (κ1) is 29.6. The Kier molecular flexibility index (Phi) is 8.97. The molecule has 2 heterocycles. The third-order valence-corrected chi connectivity index (χ3v) is 7.04. The van der Waals surface area contributed by atoms with Crippen molar-refractivity contribution in [3.8, 4) is 11.5 Å². The highest BCUT2D eigenvalue weighted by Gasteiger charge is 2.40. The first-order chi connectivity index (χ1) is 19.4. The van der Waals surface area contributed by atoms with Crippen molar-refractivity contribution in [3.05, 3.63) is 71.6 Å². The number of hydrogen-bond donors (Lipinski definition) is 4. The molecule has 10 nitrogen and oxygen atoms in total. The summed E-state index contributed by atoms with van der Waals surface area (Å²) in [5.74, 6) is 0.0752. The molecular formula is C29H31ClFN5O5. The molecule has 4 rings (SSSR count). The van der Waals surface area contributed by atoms with E-state index in [2.05, 4.69) is 20.9 Å². The number of carboxylic acid groups (broad SMARTS) is 1. The Morgan fingerprint density at radius 3 is 2.39 bits per heavy atom. The van der Waals surface area contributed by atoms with Crippen LogP contribution < -0.4 is 20.7 Å². The highest BCUT2D eigenvalue weighted by molar-refractivity contribution is 6.34. The first-order valence-electron chi connectivity index (χ1n) is 13.0. The number of aromatic nitrogens is 1. The maximum absolute atomic E-state index is 13.1. The average molecular weight is 584 g/mol. The fourth-order valence-electron chi connectivity index (χ4n) is 4.64. The molecule has 0 aliphatic carbocycles. The Labute approximate surface area is 241 Å². The van der Waals surface area contributed by atoms with Crippen molar-refractivity contribution in [3.63, 3.8) is 0 Å². The van der Waals surface area contributed by atoms with Gasteiger partial charge in [0.15, 0.2) is 0 Å². The molecule has 12 heteroatoms. The standard InChI is InChI=1S/C29H31ClFN5O5/c1-29(2,3)24-14-17(11-13-36(24)28(39)40)26(37)35-25-16-21(10-12-32-25)41-20-8-9-23(22(30)15-20)34-27(38)33-19-6-4-18(31)5-7-19/h4-10,12,15-17,24H,11,13-14H2,1-3H3,(H,39,40)(H,32,35,37)(H2,33,34,38). The average Bonchev–Trinajstić information content (AvgIpc) is 2.91. The largest absolute Gasteiger partial charge is 0.465 e. The van der Waals surface area contributed by atoms with E-state index in [9.17, 15) is 23.9 Å². The van der Waals surface area contributed by atoms with Gasteiger partial charge in [0.05, 0.1) is 10.7 Å². The monoisotopic (exact) mass is 583 g/mol. The highest BCUT2D eigenvalue weighted by Crippen LogP contribution is 2.35. The number of anilines is 3. The van der Waals surface area contributed by atoms with Crippen LogP contribution in [-0.4, -0.2) is 45.6 Å². The number of rotatable bonds is 6. The van der Waals surface area contributed by atoms with E-state index in [1.54, 1.807) is 24.3 Å². The molecule has 2 atom stereocenters. The van der Waals surface area contributed by atoms with Crippen molar-refractivity contribution in [1.82, 2.24) is 9.88 Å². The van der Waals surface area contributed by atoms with Gasteiger partial charge in [-0.1, -0.05) is 32.4 Å². The maximum Gasteiger partial charge on any atom is 0.407 e. The van der Waals surface area contributed by atoms with E-state index in [0.717, 1.165) is 0 Å². The molecule has 1 aromatic heterocycles. The van der Waals surface area contributed by atoms with Crippen LogP contribution in [0.25, 0.3) is 0 Å². The zero-order valence-corrected chi connectivity index (χ0v) is 23.5. The lowest BCUT2D eigenvalue weighted by molar-refractivity contribution is -0.122. The third-order valence-electron chi connectivity index (χ3n) is 6.73. The molecule has 1 aliphatic rings. The van der Waals surface area contributed by atoms with Gasteiger partial charge in [-0.05, 0) is 60.7 Å². The molecule has 0 radical (unpaired) electrons. The summed E-state index contributed by atoms with van der Waals surface area (Å²) in [5.41, 5.74) is 0.436. The van der Waals surface area contributed by atoms with Gasteiger partial charge < -0.3 is 30.7 Å². The molecule has 1 aliphatic heterocycles. The summed E-state index contributed by atoms with van der Waals surface area (Å²) in [5, 5.41) is 17.8. The predicted octanol–water partition coefficient (Wildman–Crippen LogP) is 7.05. The highest BCUT2D eigenvalue weighted by atomic mass is 35.5. The molecule has 2 aromatic carbocycles. The number of ether oxygens (including phenoxy) is 1. The molecule has 216 valence electrons. The summed E-state index contributed by atoms with van der Waals surface area (Å²) in [6.45, 7) is 6.18. The number of amides is 4. The number of hydrogen-bond acceptors (Lipinski definition) is 5. The molecule has 0 bridgehead atoms. The summed E-state index contributed by atoms with van der Waals surface area (Å²) in [4.78, 5) is 42.6. The lowest BCUT2D eigenvalue weighted by Crippen LogP contribution is -2.53. The molecule has 4 amide bonds. The number of pyridine rings is 1. The molecule has 0 spiro atoms. The van der Waals surface area contributed by atoms with Crippen LogP contribution in [0.5, 0.6) is 11.5 Å². The van der Waals surface area contributed by atoms with E-state index in [1.807, 2.05) is 20.8 Å². The molecule has 3 aromatic rings. The van der Waals surface area contributed by atoms with Crippen molar-refractivity contribution >= 4 is 46.8 Å². The van der Waals surface area contributed by atoms with E-state index in [4.69, 9.17) is 16.3 Å². The number of nitrogens with zero attached hydrogens (tertiary/aromatic N) is 2. The van der Waals surface area contributed by atoms with Crippen LogP contribution >= 0.6 is 11.6 Å². The zero-order chi connectivity index (χ0) is 29.7. The number of carbonyl (C=O) groups excluding carboxylic acids is 2. The number of piperidine rings is 1. The fraction of sp³-hybridized carbons (Fsp3) is 0.310. The minimum absolute atomic E-state index is 0.223. The molecule has 0 saturated carbocycles. The Hall–Kier alpha value is -4.38. The van der Waals surface area contributed by atoms with Crippen LogP contribution in [-0.2, 0) is 4.79 Å². The lowest BCUT2D eigenvalue weighted by Gasteiger charge is -2.44. The van der Waals surface area contributed by atoms with Gasteiger partial charge in [0.1, 0.15) is 23.1 Å². The van der Waals surface area contributed by atoms with Gasteiger partial charge in [-0.25, -0.2) is 19.0 Å². The number of benzene rings is 2. The number of carbonyl (C=O) groups is 3. The van der Waals surface area contributed by atoms with Gasteiger partial charge >= 0.3 is 12.1 Å². The van der Waals surface area contributed by atoms with E-state index in [0.29, 0.717) is 41.5 Å². The Bertz CT molecular complexity index is 1430.